The summed E-state index contributed by atoms with van der Waals surface area (Å²) in [4.78, 5) is 0. The molecule has 0 bridgehead atoms. The van der Waals surface area contributed by atoms with E-state index in [0.717, 1.165) is 0 Å². The molecule has 0 fully saturated rings. The smallest absolute Gasteiger partial charge is 0.163 e. The summed E-state index contributed by atoms with van der Waals surface area (Å²) in [7, 11) is 0. The van der Waals surface area contributed by atoms with E-state index in [1.54, 1.807) is 6.08 Å². The molecular formula is C4H7ClN2S. The third kappa shape index (κ3) is 5.72. The molecule has 0 aromatic heterocycles. The lowest BCUT2D eigenvalue weighted by molar-refractivity contribution is 1.05. The van der Waals surface area contributed by atoms with Gasteiger partial charge in [0, 0.05) is 12.1 Å². The van der Waals surface area contributed by atoms with Crippen molar-refractivity contribution in [3.8, 4) is 0 Å². The van der Waals surface area contributed by atoms with Crippen LogP contribution in [0.1, 0.15) is 0 Å². The van der Waals surface area contributed by atoms with E-state index >= 15 is 0 Å². The van der Waals surface area contributed by atoms with Gasteiger partial charge in [-0.05, 0) is 12.2 Å². The standard InChI is InChI=1S/C4H7ClN2S/c5-2-1-3-7-4(6)8/h1-2H,3H2,(H3,6,7,8)/b2-1+. The second-order valence-corrected chi connectivity index (χ2v) is 1.80. The zero-order valence-electron chi connectivity index (χ0n) is 4.23. The van der Waals surface area contributed by atoms with E-state index in [1.165, 1.54) is 5.54 Å². The topological polar surface area (TPSA) is 38.0 Å². The van der Waals surface area contributed by atoms with Crippen molar-refractivity contribution in [2.45, 2.75) is 0 Å². The summed E-state index contributed by atoms with van der Waals surface area (Å²) in [6.45, 7) is 0.596. The van der Waals surface area contributed by atoms with Crippen LogP contribution in [0, 0.1) is 0 Å². The van der Waals surface area contributed by atoms with Gasteiger partial charge >= 0.3 is 0 Å². The molecule has 0 heterocycles. The second kappa shape index (κ2) is 4.87. The molecule has 0 saturated heterocycles. The number of nitrogens with one attached hydrogen (secondary N) is 1. The fourth-order valence-electron chi connectivity index (χ4n) is 0.204. The van der Waals surface area contributed by atoms with E-state index in [1.807, 2.05) is 0 Å². The van der Waals surface area contributed by atoms with Crippen molar-refractivity contribution in [3.63, 3.8) is 0 Å². The van der Waals surface area contributed by atoms with Crippen LogP contribution in [0.4, 0.5) is 0 Å². The Labute approximate surface area is 58.7 Å². The van der Waals surface area contributed by atoms with E-state index in [0.29, 0.717) is 11.7 Å². The molecule has 0 aliphatic heterocycles. The summed E-state index contributed by atoms with van der Waals surface area (Å²) < 4.78 is 0. The van der Waals surface area contributed by atoms with E-state index in [-0.39, 0.29) is 0 Å². The molecule has 4 heteroatoms. The predicted octanol–water partition coefficient (Wildman–Crippen LogP) is 0.572. The van der Waals surface area contributed by atoms with Gasteiger partial charge < -0.3 is 11.1 Å². The Morgan fingerprint density at radius 3 is 2.88 bits per heavy atom. The van der Waals surface area contributed by atoms with Gasteiger partial charge in [0.2, 0.25) is 0 Å². The molecule has 0 aliphatic carbocycles. The zero-order chi connectivity index (χ0) is 6.41. The van der Waals surface area contributed by atoms with Crippen LogP contribution in [0.3, 0.4) is 0 Å². The van der Waals surface area contributed by atoms with Crippen molar-refractivity contribution in [1.29, 1.82) is 0 Å². The number of hydrogen-bond donors (Lipinski definition) is 2. The van der Waals surface area contributed by atoms with Gasteiger partial charge in [0.25, 0.3) is 0 Å². The Balaban J connectivity index is 3.05. The first-order valence-corrected chi connectivity index (χ1v) is 2.90. The molecule has 0 spiro atoms. The van der Waals surface area contributed by atoms with E-state index in [9.17, 15) is 0 Å². The highest BCUT2D eigenvalue weighted by atomic mass is 35.5. The first-order chi connectivity index (χ1) is 3.77. The van der Waals surface area contributed by atoms with Gasteiger partial charge in [-0.2, -0.15) is 0 Å². The van der Waals surface area contributed by atoms with Crippen molar-refractivity contribution in [1.82, 2.24) is 5.32 Å². The van der Waals surface area contributed by atoms with Crippen LogP contribution in [0.2, 0.25) is 0 Å². The van der Waals surface area contributed by atoms with Crippen molar-refractivity contribution in [2.75, 3.05) is 6.54 Å². The molecule has 0 aromatic carbocycles. The molecule has 8 heavy (non-hydrogen) atoms. The SMILES string of the molecule is NC(=S)NC/C=C/Cl. The summed E-state index contributed by atoms with van der Waals surface area (Å²) in [5.74, 6) is 0. The minimum absolute atomic E-state index is 0.291. The Kier molecular flexibility index (Phi) is 4.70. The van der Waals surface area contributed by atoms with E-state index in [2.05, 4.69) is 17.5 Å². The maximum atomic E-state index is 5.18. The van der Waals surface area contributed by atoms with Crippen LogP contribution < -0.4 is 11.1 Å². The molecule has 0 aliphatic rings. The Morgan fingerprint density at radius 2 is 2.50 bits per heavy atom. The molecule has 0 unspecified atom stereocenters. The third-order valence-electron chi connectivity index (χ3n) is 0.483. The second-order valence-electron chi connectivity index (χ2n) is 1.11. The minimum atomic E-state index is 0.291. The van der Waals surface area contributed by atoms with Gasteiger partial charge in [-0.25, -0.2) is 0 Å². The van der Waals surface area contributed by atoms with Gasteiger partial charge in [0.15, 0.2) is 5.11 Å². The summed E-state index contributed by atoms with van der Waals surface area (Å²) in [5.41, 5.74) is 6.48. The average Bonchev–Trinajstić information content (AvgIpc) is 1.66. The van der Waals surface area contributed by atoms with Crippen molar-refractivity contribution in [3.05, 3.63) is 11.6 Å². The monoisotopic (exact) mass is 150 g/mol. The van der Waals surface area contributed by atoms with Crippen LogP contribution in [-0.2, 0) is 0 Å². The lowest BCUT2D eigenvalue weighted by Crippen LogP contribution is -2.28. The molecule has 46 valence electrons. The number of nitrogens with two attached hydrogens (primary N) is 1. The van der Waals surface area contributed by atoms with E-state index in [4.69, 9.17) is 17.3 Å². The van der Waals surface area contributed by atoms with Crippen molar-refractivity contribution < 1.29 is 0 Å². The molecule has 3 N–H and O–H groups in total. The Bertz CT molecular complexity index is 102. The number of halogens is 1. The van der Waals surface area contributed by atoms with Gasteiger partial charge in [-0.1, -0.05) is 17.7 Å². The molecule has 0 rings (SSSR count). The number of thiocarbonyl (C=S) groups is 1. The molecule has 0 amide bonds. The van der Waals surface area contributed by atoms with Crippen LogP contribution in [0.25, 0.3) is 0 Å². The van der Waals surface area contributed by atoms with Gasteiger partial charge in [0.05, 0.1) is 0 Å². The summed E-state index contributed by atoms with van der Waals surface area (Å²) in [6, 6.07) is 0. The lowest BCUT2D eigenvalue weighted by atomic mass is 10.6. The van der Waals surface area contributed by atoms with E-state index < -0.39 is 0 Å². The highest BCUT2D eigenvalue weighted by Crippen LogP contribution is 1.73. The highest BCUT2D eigenvalue weighted by Gasteiger charge is 1.77. The fourth-order valence-corrected chi connectivity index (χ4v) is 0.376. The predicted molar refractivity (Wildman–Crippen MR) is 39.8 cm³/mol. The molecule has 0 saturated carbocycles. The highest BCUT2D eigenvalue weighted by molar-refractivity contribution is 7.80. The summed E-state index contributed by atoms with van der Waals surface area (Å²) >= 11 is 9.68. The molecule has 2 nitrogen and oxygen atoms in total. The average molecular weight is 151 g/mol. The van der Waals surface area contributed by atoms with Crippen molar-refractivity contribution >= 4 is 28.9 Å². The normalized spacial score (nSPS) is 9.62. The third-order valence-corrected chi connectivity index (χ3v) is 0.806. The fraction of sp³-hybridized carbons (Fsp3) is 0.250. The molecule has 0 atom stereocenters. The molecule has 0 aromatic rings. The van der Waals surface area contributed by atoms with Gasteiger partial charge in [0.1, 0.15) is 0 Å². The summed E-state index contributed by atoms with van der Waals surface area (Å²) in [5, 5.41) is 2.98. The van der Waals surface area contributed by atoms with Crippen LogP contribution >= 0.6 is 23.8 Å². The first-order valence-electron chi connectivity index (χ1n) is 2.06. The molecular weight excluding hydrogens is 144 g/mol. The summed E-state index contributed by atoms with van der Waals surface area (Å²) in [6.07, 6.45) is 1.71. The number of hydrogen-bond acceptors (Lipinski definition) is 1. The zero-order valence-corrected chi connectivity index (χ0v) is 5.80. The maximum Gasteiger partial charge on any atom is 0.163 e. The van der Waals surface area contributed by atoms with Gasteiger partial charge in [-0.3, -0.25) is 0 Å². The number of rotatable bonds is 2. The first kappa shape index (κ1) is 7.72. The van der Waals surface area contributed by atoms with Crippen LogP contribution in [-0.4, -0.2) is 11.7 Å². The van der Waals surface area contributed by atoms with Crippen LogP contribution in [0.5, 0.6) is 0 Å². The van der Waals surface area contributed by atoms with Gasteiger partial charge in [-0.15, -0.1) is 0 Å². The Hall–Kier alpha value is -0.280. The maximum absolute atomic E-state index is 5.18. The largest absolute Gasteiger partial charge is 0.376 e. The minimum Gasteiger partial charge on any atom is -0.376 e. The molecule has 0 radical (unpaired) electrons. The quantitative estimate of drug-likeness (QED) is 0.566. The Morgan fingerprint density at radius 1 is 1.88 bits per heavy atom. The lowest BCUT2D eigenvalue weighted by Gasteiger charge is -1.94. The van der Waals surface area contributed by atoms with Crippen LogP contribution in [0.15, 0.2) is 11.6 Å². The van der Waals surface area contributed by atoms with Crippen molar-refractivity contribution in [2.24, 2.45) is 5.73 Å².